The van der Waals surface area contributed by atoms with Crippen LogP contribution in [-0.2, 0) is 23.7 Å². The number of carbonyl (C=O) groups is 1. The molecule has 4 atom stereocenters. The Morgan fingerprint density at radius 3 is 2.34 bits per heavy atom. The van der Waals surface area contributed by atoms with E-state index in [1.807, 2.05) is 0 Å². The van der Waals surface area contributed by atoms with Crippen molar-refractivity contribution in [2.75, 3.05) is 39.3 Å². The van der Waals surface area contributed by atoms with Gasteiger partial charge in [0.1, 0.15) is 10.6 Å². The summed E-state index contributed by atoms with van der Waals surface area (Å²) in [4.78, 5) is 52.3. The number of thiophene rings is 1. The highest BCUT2D eigenvalue weighted by molar-refractivity contribution is 7.19. The lowest BCUT2D eigenvalue weighted by atomic mass is 9.76. The van der Waals surface area contributed by atoms with Crippen LogP contribution in [0, 0.1) is 25.7 Å². The van der Waals surface area contributed by atoms with Crippen LogP contribution in [0.5, 0.6) is 0 Å². The molecule has 10 heteroatoms. The van der Waals surface area contributed by atoms with Crippen molar-refractivity contribution in [3.63, 3.8) is 0 Å². The van der Waals surface area contributed by atoms with E-state index in [4.69, 9.17) is 0 Å². The molecule has 1 saturated carbocycles. The lowest BCUT2D eigenvalue weighted by Gasteiger charge is -2.38. The Morgan fingerprint density at radius 1 is 1.00 bits per heavy atom. The Hall–Kier alpha value is -3.31. The molecule has 3 fully saturated rings. The Morgan fingerprint density at radius 2 is 1.72 bits per heavy atom. The summed E-state index contributed by atoms with van der Waals surface area (Å²) in [6, 6.07) is 10.9. The first-order chi connectivity index (χ1) is 22.4. The van der Waals surface area contributed by atoms with Gasteiger partial charge in [0.15, 0.2) is 0 Å². The van der Waals surface area contributed by atoms with Crippen LogP contribution in [0.4, 0.5) is 0 Å². The van der Waals surface area contributed by atoms with Crippen LogP contribution in [0.3, 0.4) is 0 Å². The fourth-order valence-electron chi connectivity index (χ4n) is 8.38. The molecule has 3 aliphatic rings. The number of nitrogens with zero attached hydrogens (tertiary/aromatic N) is 3. The van der Waals surface area contributed by atoms with Crippen LogP contribution in [0.25, 0.3) is 21.5 Å². The molecule has 2 saturated heterocycles. The number of carbonyl (C=O) groups excluding carboxylic acids is 1. The van der Waals surface area contributed by atoms with Crippen molar-refractivity contribution in [3.05, 3.63) is 78.4 Å². The molecule has 9 nitrogen and oxygen atoms in total. The molecule has 0 spiro atoms. The Labute approximate surface area is 280 Å². The maximum atomic E-state index is 14.0. The molecule has 2 bridgehead atoms. The molecule has 3 N–H and O–H groups in total. The SMILES string of the molecule is Cc1cc(C)cc(-c2[nH]c3sc(C(C)(C)C(=O)C4C5CCC4NC5)cc3c2CCN2CCN(C(C)c3cc(=O)n(C)c(=O)[nH]3)CC2)c1. The first-order valence-electron chi connectivity index (χ1n) is 17.2. The van der Waals surface area contributed by atoms with Crippen LogP contribution in [0.2, 0.25) is 0 Å². The van der Waals surface area contributed by atoms with E-state index in [-0.39, 0.29) is 23.2 Å². The van der Waals surface area contributed by atoms with Crippen molar-refractivity contribution in [2.24, 2.45) is 18.9 Å². The Kier molecular flexibility index (Phi) is 8.43. The minimum Gasteiger partial charge on any atom is -0.346 e. The van der Waals surface area contributed by atoms with E-state index in [0.717, 1.165) is 72.8 Å². The summed E-state index contributed by atoms with van der Waals surface area (Å²) in [5.74, 6) is 1.00. The molecular weight excluding hydrogens is 609 g/mol. The third-order valence-electron chi connectivity index (χ3n) is 11.3. The van der Waals surface area contributed by atoms with E-state index in [1.54, 1.807) is 17.4 Å². The summed E-state index contributed by atoms with van der Waals surface area (Å²) in [7, 11) is 1.49. The highest BCUT2D eigenvalue weighted by Crippen LogP contribution is 2.45. The van der Waals surface area contributed by atoms with E-state index in [2.05, 4.69) is 84.0 Å². The van der Waals surface area contributed by atoms with Gasteiger partial charge in [-0.1, -0.05) is 17.2 Å². The first kappa shape index (κ1) is 32.2. The summed E-state index contributed by atoms with van der Waals surface area (Å²) < 4.78 is 1.10. The van der Waals surface area contributed by atoms with E-state index in [9.17, 15) is 14.4 Å². The van der Waals surface area contributed by atoms with Gasteiger partial charge in [-0.15, -0.1) is 11.3 Å². The van der Waals surface area contributed by atoms with Gasteiger partial charge in [0.25, 0.3) is 5.56 Å². The van der Waals surface area contributed by atoms with Crippen molar-refractivity contribution in [1.82, 2.24) is 29.7 Å². The number of H-pyrrole nitrogens is 2. The van der Waals surface area contributed by atoms with Gasteiger partial charge in [0.2, 0.25) is 0 Å². The summed E-state index contributed by atoms with van der Waals surface area (Å²) in [5, 5.41) is 4.83. The van der Waals surface area contributed by atoms with Crippen LogP contribution in [-0.4, -0.2) is 75.4 Å². The van der Waals surface area contributed by atoms with Gasteiger partial charge >= 0.3 is 5.69 Å². The average Bonchev–Trinajstić information content (AvgIpc) is 3.82. The zero-order valence-electron chi connectivity index (χ0n) is 28.5. The van der Waals surface area contributed by atoms with Gasteiger partial charge < -0.3 is 20.2 Å². The number of piperazine rings is 1. The molecule has 47 heavy (non-hydrogen) atoms. The number of benzene rings is 1. The second-order valence-corrected chi connectivity index (χ2v) is 15.9. The summed E-state index contributed by atoms with van der Waals surface area (Å²) >= 11 is 1.75. The fraction of sp³-hybridized carbons (Fsp3) is 0.541. The quantitative estimate of drug-likeness (QED) is 0.242. The van der Waals surface area contributed by atoms with E-state index in [1.165, 1.54) is 40.4 Å². The number of ketones is 1. The first-order valence-corrected chi connectivity index (χ1v) is 18.0. The van der Waals surface area contributed by atoms with Gasteiger partial charge in [-0.05, 0) is 95.7 Å². The van der Waals surface area contributed by atoms with Gasteiger partial charge in [0, 0.05) is 79.8 Å². The molecule has 0 radical (unpaired) electrons. The highest BCUT2D eigenvalue weighted by atomic mass is 32.1. The van der Waals surface area contributed by atoms with Crippen LogP contribution in [0.15, 0.2) is 39.9 Å². The Balaban J connectivity index is 1.12. The zero-order valence-corrected chi connectivity index (χ0v) is 29.4. The number of hydrogen-bond acceptors (Lipinski definition) is 7. The van der Waals surface area contributed by atoms with Gasteiger partial charge in [-0.3, -0.25) is 19.1 Å². The number of Topliss-reactive ketones (excluding diaryl/α,β-unsaturated/α-hetero) is 1. The molecule has 7 rings (SSSR count). The number of aromatic amines is 2. The number of aryl methyl sites for hydroxylation is 2. The van der Waals surface area contributed by atoms with Crippen molar-refractivity contribution in [3.8, 4) is 11.3 Å². The minimum atomic E-state index is -0.528. The maximum absolute atomic E-state index is 14.0. The van der Waals surface area contributed by atoms with Gasteiger partial charge in [-0.25, -0.2) is 4.79 Å². The van der Waals surface area contributed by atoms with Crippen molar-refractivity contribution >= 4 is 27.3 Å². The summed E-state index contributed by atoms with van der Waals surface area (Å²) in [6.45, 7) is 16.1. The monoisotopic (exact) mass is 656 g/mol. The third-order valence-corrected chi connectivity index (χ3v) is 12.7. The molecule has 1 aliphatic carbocycles. The van der Waals surface area contributed by atoms with Crippen LogP contribution >= 0.6 is 11.3 Å². The third kappa shape index (κ3) is 5.87. The molecule has 2 aliphatic heterocycles. The van der Waals surface area contributed by atoms with Crippen LogP contribution < -0.4 is 16.6 Å². The fourth-order valence-corrected chi connectivity index (χ4v) is 9.58. The molecular formula is C37H48N6O3S. The van der Waals surface area contributed by atoms with E-state index >= 15 is 0 Å². The smallest absolute Gasteiger partial charge is 0.328 e. The van der Waals surface area contributed by atoms with Gasteiger partial charge in [0.05, 0.1) is 11.1 Å². The minimum absolute atomic E-state index is 0.0373. The molecule has 4 aromatic rings. The highest BCUT2D eigenvalue weighted by Gasteiger charge is 2.50. The topological polar surface area (TPSA) is 106 Å². The van der Waals surface area contributed by atoms with Crippen molar-refractivity contribution < 1.29 is 4.79 Å². The molecule has 5 heterocycles. The Bertz CT molecular complexity index is 1870. The molecule has 0 amide bonds. The predicted molar refractivity (Wildman–Crippen MR) is 190 cm³/mol. The molecule has 3 aromatic heterocycles. The number of fused-ring (bicyclic) bond motifs is 3. The largest absolute Gasteiger partial charge is 0.346 e. The standard InChI is InChI=1S/C37H48N6O3S/c1-21-15-22(2)17-25(16-21)33-26(9-10-42-11-13-43(14-12-42)23(3)29-19-31(44)41(6)36(46)39-29)27-18-30(47-35(27)40-33)37(4,5)34(45)32-24-7-8-28(32)38-20-24/h15-19,23-24,28,32,38,40H,7-14,20H2,1-6H3,(H,39,46). The summed E-state index contributed by atoms with van der Waals surface area (Å²) in [5.41, 5.74) is 5.72. The average molecular weight is 657 g/mol. The lowest BCUT2D eigenvalue weighted by molar-refractivity contribution is -0.128. The van der Waals surface area contributed by atoms with Crippen molar-refractivity contribution in [2.45, 2.75) is 71.4 Å². The zero-order chi connectivity index (χ0) is 33.2. The number of nitrogens with one attached hydrogen (secondary N) is 3. The molecule has 250 valence electrons. The molecule has 1 aromatic carbocycles. The van der Waals surface area contributed by atoms with E-state index < -0.39 is 5.41 Å². The van der Waals surface area contributed by atoms with Crippen LogP contribution in [0.1, 0.15) is 66.9 Å². The number of aromatic nitrogens is 3. The predicted octanol–water partition coefficient (Wildman–Crippen LogP) is 4.67. The van der Waals surface area contributed by atoms with Gasteiger partial charge in [-0.2, -0.15) is 0 Å². The number of piperidine rings is 1. The molecule has 4 unspecified atom stereocenters. The normalized spacial score (nSPS) is 22.8. The van der Waals surface area contributed by atoms with E-state index in [0.29, 0.717) is 23.4 Å². The second kappa shape index (κ2) is 12.3. The second-order valence-electron chi connectivity index (χ2n) is 14.8. The summed E-state index contributed by atoms with van der Waals surface area (Å²) in [6.07, 6.45) is 3.18. The number of hydrogen-bond donors (Lipinski definition) is 3. The lowest BCUT2D eigenvalue weighted by Crippen LogP contribution is -2.48. The van der Waals surface area contributed by atoms with Crippen molar-refractivity contribution in [1.29, 1.82) is 0 Å². The maximum Gasteiger partial charge on any atom is 0.328 e. The number of rotatable bonds is 9.